The van der Waals surface area contributed by atoms with Gasteiger partial charge in [0.1, 0.15) is 5.76 Å². The van der Waals surface area contributed by atoms with E-state index in [0.717, 1.165) is 0 Å². The summed E-state index contributed by atoms with van der Waals surface area (Å²) in [5, 5.41) is 19.8. The van der Waals surface area contributed by atoms with Crippen molar-refractivity contribution in [2.45, 2.75) is 6.04 Å². The summed E-state index contributed by atoms with van der Waals surface area (Å²) in [6.07, 6.45) is 0. The van der Waals surface area contributed by atoms with Crippen LogP contribution >= 0.6 is 0 Å². The van der Waals surface area contributed by atoms with Gasteiger partial charge in [-0.15, -0.1) is 0 Å². The van der Waals surface area contributed by atoms with Crippen molar-refractivity contribution in [3.8, 4) is 0 Å². The Labute approximate surface area is 179 Å². The molecule has 31 heavy (non-hydrogen) atoms. The third-order valence-corrected chi connectivity index (χ3v) is 4.95. The second kappa shape index (κ2) is 10.0. The van der Waals surface area contributed by atoms with Gasteiger partial charge >= 0.3 is 5.97 Å². The predicted octanol–water partition coefficient (Wildman–Crippen LogP) is 1.90. The van der Waals surface area contributed by atoms with Gasteiger partial charge in [-0.25, -0.2) is 4.79 Å². The van der Waals surface area contributed by atoms with Gasteiger partial charge in [-0.3, -0.25) is 9.59 Å². The van der Waals surface area contributed by atoms with Crippen molar-refractivity contribution in [1.82, 2.24) is 4.90 Å². The highest BCUT2D eigenvalue weighted by atomic mass is 16.5. The lowest BCUT2D eigenvalue weighted by Gasteiger charge is -2.25. The Morgan fingerprint density at radius 1 is 1.00 bits per heavy atom. The van der Waals surface area contributed by atoms with E-state index < -0.39 is 23.7 Å². The first-order chi connectivity index (χ1) is 15.0. The number of ether oxygens (including phenoxy) is 2. The van der Waals surface area contributed by atoms with Crippen LogP contribution in [0, 0.1) is 0 Å². The zero-order valence-electron chi connectivity index (χ0n) is 17.0. The number of rotatable bonds is 8. The molecule has 3 rings (SSSR count). The van der Waals surface area contributed by atoms with Gasteiger partial charge in [-0.05, 0) is 17.7 Å². The number of benzene rings is 2. The van der Waals surface area contributed by atoms with Crippen LogP contribution in [0.3, 0.4) is 0 Å². The molecular weight excluding hydrogens is 402 g/mol. The lowest BCUT2D eigenvalue weighted by atomic mass is 9.94. The Morgan fingerprint density at radius 2 is 1.68 bits per heavy atom. The summed E-state index contributed by atoms with van der Waals surface area (Å²) in [4.78, 5) is 38.7. The van der Waals surface area contributed by atoms with Gasteiger partial charge in [-0.1, -0.05) is 42.5 Å². The third kappa shape index (κ3) is 4.65. The zero-order valence-corrected chi connectivity index (χ0v) is 17.0. The molecule has 1 aliphatic heterocycles. The quantitative estimate of drug-likeness (QED) is 0.218. The molecule has 1 atom stereocenters. The summed E-state index contributed by atoms with van der Waals surface area (Å²) < 4.78 is 9.97. The summed E-state index contributed by atoms with van der Waals surface area (Å²) in [6.45, 7) is 0.132. The Morgan fingerprint density at radius 3 is 2.29 bits per heavy atom. The van der Waals surface area contributed by atoms with E-state index in [4.69, 9.17) is 14.6 Å². The van der Waals surface area contributed by atoms with Crippen molar-refractivity contribution in [2.75, 3.05) is 33.5 Å². The van der Waals surface area contributed by atoms with Gasteiger partial charge in [0.25, 0.3) is 11.7 Å². The van der Waals surface area contributed by atoms with E-state index in [-0.39, 0.29) is 37.7 Å². The van der Waals surface area contributed by atoms with E-state index in [0.29, 0.717) is 16.7 Å². The van der Waals surface area contributed by atoms with Crippen LogP contribution in [0.5, 0.6) is 0 Å². The van der Waals surface area contributed by atoms with Crippen LogP contribution in [0.4, 0.5) is 0 Å². The molecule has 1 fully saturated rings. The first kappa shape index (κ1) is 22.2. The van der Waals surface area contributed by atoms with Gasteiger partial charge in [0.05, 0.1) is 44.1 Å². The molecule has 2 aromatic carbocycles. The number of nitrogens with zero attached hydrogens (tertiary/aromatic N) is 1. The fourth-order valence-electron chi connectivity index (χ4n) is 3.46. The van der Waals surface area contributed by atoms with E-state index in [1.165, 1.54) is 24.1 Å². The number of carbonyl (C=O) groups is 3. The molecule has 162 valence electrons. The summed E-state index contributed by atoms with van der Waals surface area (Å²) in [5.41, 5.74) is 1.24. The number of hydrogen-bond acceptors (Lipinski definition) is 7. The summed E-state index contributed by atoms with van der Waals surface area (Å²) >= 11 is 0. The number of ketones is 1. The molecule has 0 spiro atoms. The molecule has 8 heteroatoms. The van der Waals surface area contributed by atoms with Crippen molar-refractivity contribution in [3.63, 3.8) is 0 Å². The predicted molar refractivity (Wildman–Crippen MR) is 111 cm³/mol. The second-order valence-corrected chi connectivity index (χ2v) is 6.81. The number of methoxy groups -OCH3 is 1. The van der Waals surface area contributed by atoms with E-state index in [9.17, 15) is 19.5 Å². The number of Topliss-reactive ketones (excluding diaryl/α,β-unsaturated/α-hetero) is 1. The topological polar surface area (TPSA) is 113 Å². The van der Waals surface area contributed by atoms with Crippen LogP contribution in [0.25, 0.3) is 5.76 Å². The average Bonchev–Trinajstić information content (AvgIpc) is 3.06. The fourth-order valence-corrected chi connectivity index (χ4v) is 3.46. The molecule has 0 saturated carbocycles. The zero-order chi connectivity index (χ0) is 22.4. The Hall–Kier alpha value is -3.49. The maximum absolute atomic E-state index is 12.9. The number of aliphatic hydroxyl groups excluding tert-OH is 2. The molecule has 0 aromatic heterocycles. The largest absolute Gasteiger partial charge is 0.507 e. The fraction of sp³-hybridized carbons (Fsp3) is 0.261. The van der Waals surface area contributed by atoms with E-state index in [2.05, 4.69) is 0 Å². The minimum atomic E-state index is -0.857. The number of hydrogen-bond donors (Lipinski definition) is 2. The van der Waals surface area contributed by atoms with E-state index >= 15 is 0 Å². The van der Waals surface area contributed by atoms with Crippen molar-refractivity contribution in [3.05, 3.63) is 76.9 Å². The van der Waals surface area contributed by atoms with Gasteiger partial charge in [0.15, 0.2) is 0 Å². The Bertz CT molecular complexity index is 983. The van der Waals surface area contributed by atoms with Gasteiger partial charge in [0, 0.05) is 12.1 Å². The summed E-state index contributed by atoms with van der Waals surface area (Å²) in [7, 11) is 1.28. The van der Waals surface area contributed by atoms with Gasteiger partial charge in [0.2, 0.25) is 0 Å². The van der Waals surface area contributed by atoms with Crippen LogP contribution in [0.15, 0.2) is 60.2 Å². The normalized spacial score (nSPS) is 17.7. The standard InChI is InChI=1S/C23H23NO7/c1-30-23(29)17-9-7-15(8-10-17)19-18(20(26)16-5-3-2-4-6-16)21(27)22(28)24(19)11-13-31-14-12-25/h2-10,19,25-26H,11-14H2,1H3. The van der Waals surface area contributed by atoms with Crippen LogP contribution in [0.2, 0.25) is 0 Å². The molecule has 1 amide bonds. The van der Waals surface area contributed by atoms with Crippen molar-refractivity contribution in [1.29, 1.82) is 0 Å². The van der Waals surface area contributed by atoms with Crippen molar-refractivity contribution >= 4 is 23.4 Å². The molecular formula is C23H23NO7. The number of amides is 1. The highest BCUT2D eigenvalue weighted by Gasteiger charge is 2.45. The molecule has 1 heterocycles. The third-order valence-electron chi connectivity index (χ3n) is 4.95. The maximum atomic E-state index is 12.9. The number of esters is 1. The minimum Gasteiger partial charge on any atom is -0.507 e. The highest BCUT2D eigenvalue weighted by molar-refractivity contribution is 6.46. The van der Waals surface area contributed by atoms with Crippen molar-refractivity contribution < 1.29 is 34.1 Å². The number of likely N-dealkylation sites (tertiary alicyclic amines) is 1. The van der Waals surface area contributed by atoms with Gasteiger partial charge in [-0.2, -0.15) is 0 Å². The molecule has 0 aliphatic carbocycles. The molecule has 1 unspecified atom stereocenters. The van der Waals surface area contributed by atoms with Crippen molar-refractivity contribution in [2.24, 2.45) is 0 Å². The van der Waals surface area contributed by atoms with E-state index in [1.54, 1.807) is 42.5 Å². The molecule has 1 aliphatic rings. The first-order valence-electron chi connectivity index (χ1n) is 9.70. The van der Waals surface area contributed by atoms with Crippen LogP contribution in [0.1, 0.15) is 27.5 Å². The minimum absolute atomic E-state index is 0.0378. The molecule has 0 bridgehead atoms. The van der Waals surface area contributed by atoms with Crippen LogP contribution in [-0.2, 0) is 19.1 Å². The number of carbonyl (C=O) groups excluding carboxylic acids is 3. The average molecular weight is 425 g/mol. The molecule has 8 nitrogen and oxygen atoms in total. The maximum Gasteiger partial charge on any atom is 0.337 e. The Kier molecular flexibility index (Phi) is 7.17. The lowest BCUT2D eigenvalue weighted by Crippen LogP contribution is -2.33. The smallest absolute Gasteiger partial charge is 0.337 e. The Balaban J connectivity index is 2.05. The molecule has 0 radical (unpaired) electrons. The monoisotopic (exact) mass is 425 g/mol. The lowest BCUT2D eigenvalue weighted by molar-refractivity contribution is -0.140. The summed E-state index contributed by atoms with van der Waals surface area (Å²) in [5.74, 6) is -2.35. The van der Waals surface area contributed by atoms with Crippen LogP contribution in [-0.4, -0.2) is 66.2 Å². The SMILES string of the molecule is COC(=O)c1ccc(C2C(=C(O)c3ccccc3)C(=O)C(=O)N2CCOCCO)cc1. The van der Waals surface area contributed by atoms with Gasteiger partial charge < -0.3 is 24.6 Å². The van der Waals surface area contributed by atoms with E-state index in [1.807, 2.05) is 0 Å². The first-order valence-corrected chi connectivity index (χ1v) is 9.70. The summed E-state index contributed by atoms with van der Waals surface area (Å²) in [6, 6.07) is 13.9. The molecule has 2 N–H and O–H groups in total. The number of aliphatic hydroxyl groups is 2. The molecule has 2 aromatic rings. The second-order valence-electron chi connectivity index (χ2n) is 6.81. The molecule has 1 saturated heterocycles. The van der Waals surface area contributed by atoms with Crippen LogP contribution < -0.4 is 0 Å². The highest BCUT2D eigenvalue weighted by Crippen LogP contribution is 2.39.